The summed E-state index contributed by atoms with van der Waals surface area (Å²) in [7, 11) is 1.67. The standard InChI is InChI=1S/C13H27N3O2/c1-11-6-4-7-12(2)16(11)15-10-13(17)14-8-5-9-18-3/h11-12,15H,4-10H2,1-3H3,(H,14,17). The van der Waals surface area contributed by atoms with Gasteiger partial charge in [0.25, 0.3) is 0 Å². The first kappa shape index (κ1) is 15.4. The zero-order chi connectivity index (χ0) is 13.4. The van der Waals surface area contributed by atoms with Gasteiger partial charge >= 0.3 is 0 Å². The smallest absolute Gasteiger partial charge is 0.235 e. The fraction of sp³-hybridized carbons (Fsp3) is 0.923. The van der Waals surface area contributed by atoms with Crippen molar-refractivity contribution in [3.63, 3.8) is 0 Å². The molecule has 1 amide bonds. The number of carbonyl (C=O) groups excluding carboxylic acids is 1. The number of nitrogens with zero attached hydrogens (tertiary/aromatic N) is 1. The number of piperidine rings is 1. The third-order valence-electron chi connectivity index (χ3n) is 3.46. The van der Waals surface area contributed by atoms with Crippen molar-refractivity contribution in [2.75, 3.05) is 26.8 Å². The van der Waals surface area contributed by atoms with E-state index < -0.39 is 0 Å². The van der Waals surface area contributed by atoms with Crippen LogP contribution in [0.4, 0.5) is 0 Å². The van der Waals surface area contributed by atoms with Crippen molar-refractivity contribution in [2.24, 2.45) is 0 Å². The van der Waals surface area contributed by atoms with Gasteiger partial charge in [-0.2, -0.15) is 0 Å². The summed E-state index contributed by atoms with van der Waals surface area (Å²) < 4.78 is 4.93. The van der Waals surface area contributed by atoms with E-state index in [1.807, 2.05) is 0 Å². The van der Waals surface area contributed by atoms with E-state index in [2.05, 4.69) is 29.6 Å². The molecule has 1 aliphatic heterocycles. The molecule has 0 aromatic carbocycles. The molecule has 0 bridgehead atoms. The summed E-state index contributed by atoms with van der Waals surface area (Å²) in [4.78, 5) is 11.6. The molecule has 0 spiro atoms. The Kier molecular flexibility index (Phi) is 7.23. The van der Waals surface area contributed by atoms with Crippen LogP contribution in [-0.4, -0.2) is 49.8 Å². The molecule has 0 aromatic heterocycles. The zero-order valence-electron chi connectivity index (χ0n) is 11.9. The molecule has 1 aliphatic rings. The van der Waals surface area contributed by atoms with Crippen LogP contribution < -0.4 is 10.7 Å². The molecule has 2 unspecified atom stereocenters. The molecule has 0 radical (unpaired) electrons. The predicted octanol–water partition coefficient (Wildman–Crippen LogP) is 0.907. The summed E-state index contributed by atoms with van der Waals surface area (Å²) in [5.74, 6) is 0.0519. The van der Waals surface area contributed by atoms with Crippen LogP contribution in [0.1, 0.15) is 39.5 Å². The minimum Gasteiger partial charge on any atom is -0.385 e. The van der Waals surface area contributed by atoms with Crippen LogP contribution in [0, 0.1) is 0 Å². The molecule has 2 atom stereocenters. The van der Waals surface area contributed by atoms with E-state index in [9.17, 15) is 4.79 Å². The van der Waals surface area contributed by atoms with Gasteiger partial charge in [0.15, 0.2) is 0 Å². The lowest BCUT2D eigenvalue weighted by atomic mass is 10.00. The topological polar surface area (TPSA) is 53.6 Å². The van der Waals surface area contributed by atoms with Crippen LogP contribution in [0.25, 0.3) is 0 Å². The molecule has 1 saturated heterocycles. The Morgan fingerprint density at radius 3 is 2.61 bits per heavy atom. The average Bonchev–Trinajstić information content (AvgIpc) is 2.34. The molecule has 2 N–H and O–H groups in total. The van der Waals surface area contributed by atoms with Crippen molar-refractivity contribution in [1.29, 1.82) is 0 Å². The lowest BCUT2D eigenvalue weighted by Crippen LogP contribution is -2.54. The number of hydrogen-bond acceptors (Lipinski definition) is 4. The van der Waals surface area contributed by atoms with Crippen molar-refractivity contribution in [3.05, 3.63) is 0 Å². The number of amides is 1. The number of ether oxygens (including phenoxy) is 1. The number of hydrogen-bond donors (Lipinski definition) is 2. The number of nitrogens with one attached hydrogen (secondary N) is 2. The minimum atomic E-state index is 0.0519. The predicted molar refractivity (Wildman–Crippen MR) is 72.1 cm³/mol. The summed E-state index contributed by atoms with van der Waals surface area (Å²) in [6.07, 6.45) is 4.54. The van der Waals surface area contributed by atoms with Crippen molar-refractivity contribution in [2.45, 2.75) is 51.6 Å². The SMILES string of the molecule is COCCCNC(=O)CNN1C(C)CCCC1C. The molecule has 1 fully saturated rings. The van der Waals surface area contributed by atoms with Gasteiger partial charge in [0.1, 0.15) is 0 Å². The van der Waals surface area contributed by atoms with Crippen LogP contribution in [0.2, 0.25) is 0 Å². The molecule has 106 valence electrons. The summed E-state index contributed by atoms with van der Waals surface area (Å²) in [6.45, 7) is 6.15. The van der Waals surface area contributed by atoms with E-state index in [1.165, 1.54) is 19.3 Å². The Morgan fingerprint density at radius 1 is 1.33 bits per heavy atom. The van der Waals surface area contributed by atoms with Gasteiger partial charge in [0, 0.05) is 32.3 Å². The van der Waals surface area contributed by atoms with E-state index in [0.29, 0.717) is 31.8 Å². The summed E-state index contributed by atoms with van der Waals surface area (Å²) in [5.41, 5.74) is 3.25. The third kappa shape index (κ3) is 5.33. The maximum Gasteiger partial charge on any atom is 0.235 e. The number of hydrazine groups is 1. The lowest BCUT2D eigenvalue weighted by Gasteiger charge is -2.38. The Labute approximate surface area is 110 Å². The van der Waals surface area contributed by atoms with Crippen LogP contribution >= 0.6 is 0 Å². The molecule has 1 rings (SSSR count). The third-order valence-corrected chi connectivity index (χ3v) is 3.46. The number of carbonyl (C=O) groups is 1. The molecule has 1 heterocycles. The average molecular weight is 257 g/mol. The van der Waals surface area contributed by atoms with Crippen molar-refractivity contribution in [1.82, 2.24) is 15.8 Å². The second-order valence-electron chi connectivity index (χ2n) is 5.07. The monoisotopic (exact) mass is 257 g/mol. The molecule has 5 nitrogen and oxygen atoms in total. The van der Waals surface area contributed by atoms with E-state index in [-0.39, 0.29) is 5.91 Å². The van der Waals surface area contributed by atoms with Gasteiger partial charge in [0.05, 0.1) is 6.54 Å². The highest BCUT2D eigenvalue weighted by Crippen LogP contribution is 2.19. The molecular formula is C13H27N3O2. The van der Waals surface area contributed by atoms with Crippen LogP contribution in [0.3, 0.4) is 0 Å². The van der Waals surface area contributed by atoms with E-state index in [0.717, 1.165) is 6.42 Å². The lowest BCUT2D eigenvalue weighted by molar-refractivity contribution is -0.121. The first-order valence-electron chi connectivity index (χ1n) is 6.92. The Morgan fingerprint density at radius 2 is 2.00 bits per heavy atom. The maximum absolute atomic E-state index is 11.6. The molecule has 5 heteroatoms. The molecule has 18 heavy (non-hydrogen) atoms. The molecule has 0 aromatic rings. The minimum absolute atomic E-state index is 0.0519. The molecular weight excluding hydrogens is 230 g/mol. The van der Waals surface area contributed by atoms with Crippen LogP contribution in [0.15, 0.2) is 0 Å². The number of methoxy groups -OCH3 is 1. The summed E-state index contributed by atoms with van der Waals surface area (Å²) in [5, 5.41) is 5.10. The normalized spacial score (nSPS) is 25.1. The van der Waals surface area contributed by atoms with E-state index in [4.69, 9.17) is 4.74 Å². The van der Waals surface area contributed by atoms with Crippen molar-refractivity contribution >= 4 is 5.91 Å². The zero-order valence-corrected chi connectivity index (χ0v) is 11.9. The fourth-order valence-corrected chi connectivity index (χ4v) is 2.40. The summed E-state index contributed by atoms with van der Waals surface area (Å²) >= 11 is 0. The second-order valence-corrected chi connectivity index (χ2v) is 5.07. The largest absolute Gasteiger partial charge is 0.385 e. The van der Waals surface area contributed by atoms with Gasteiger partial charge in [-0.05, 0) is 33.1 Å². The molecule has 0 saturated carbocycles. The first-order valence-corrected chi connectivity index (χ1v) is 6.92. The first-order chi connectivity index (χ1) is 8.65. The van der Waals surface area contributed by atoms with E-state index in [1.54, 1.807) is 7.11 Å². The van der Waals surface area contributed by atoms with Crippen molar-refractivity contribution < 1.29 is 9.53 Å². The van der Waals surface area contributed by atoms with Crippen molar-refractivity contribution in [3.8, 4) is 0 Å². The van der Waals surface area contributed by atoms with Gasteiger partial charge in [-0.3, -0.25) is 4.79 Å². The van der Waals surface area contributed by atoms with Gasteiger partial charge in [-0.1, -0.05) is 6.42 Å². The van der Waals surface area contributed by atoms with Crippen LogP contribution in [-0.2, 0) is 9.53 Å². The quantitative estimate of drug-likeness (QED) is 0.666. The Bertz CT molecular complexity index is 238. The van der Waals surface area contributed by atoms with Gasteiger partial charge in [-0.15, -0.1) is 0 Å². The van der Waals surface area contributed by atoms with Crippen LogP contribution in [0.5, 0.6) is 0 Å². The summed E-state index contributed by atoms with van der Waals surface area (Å²) in [6, 6.07) is 1.02. The second kappa shape index (κ2) is 8.45. The molecule has 0 aliphatic carbocycles. The van der Waals surface area contributed by atoms with Gasteiger partial charge in [-0.25, -0.2) is 10.4 Å². The Hall–Kier alpha value is -0.650. The van der Waals surface area contributed by atoms with E-state index >= 15 is 0 Å². The van der Waals surface area contributed by atoms with Gasteiger partial charge in [0.2, 0.25) is 5.91 Å². The highest BCUT2D eigenvalue weighted by molar-refractivity contribution is 5.77. The number of rotatable bonds is 7. The fourth-order valence-electron chi connectivity index (χ4n) is 2.40. The Balaban J connectivity index is 2.16. The highest BCUT2D eigenvalue weighted by Gasteiger charge is 2.24. The highest BCUT2D eigenvalue weighted by atomic mass is 16.5. The maximum atomic E-state index is 11.6. The van der Waals surface area contributed by atoms with Gasteiger partial charge < -0.3 is 10.1 Å².